The lowest BCUT2D eigenvalue weighted by atomic mass is 9.94. The second-order valence-corrected chi connectivity index (χ2v) is 4.81. The molecule has 1 aliphatic heterocycles. The number of esters is 1. The van der Waals surface area contributed by atoms with Gasteiger partial charge in [-0.2, -0.15) is 11.8 Å². The van der Waals surface area contributed by atoms with Crippen LogP contribution in [0.15, 0.2) is 0 Å². The molecule has 2 nitrogen and oxygen atoms in total. The van der Waals surface area contributed by atoms with E-state index in [9.17, 15) is 9.18 Å². The van der Waals surface area contributed by atoms with Crippen molar-refractivity contribution in [3.63, 3.8) is 0 Å². The van der Waals surface area contributed by atoms with Crippen molar-refractivity contribution in [3.8, 4) is 0 Å². The fourth-order valence-corrected chi connectivity index (χ4v) is 2.75. The molecule has 82 valence electrons. The fourth-order valence-electron chi connectivity index (χ4n) is 1.68. The third-order valence-corrected chi connectivity index (χ3v) is 3.68. The molecular formula is C10H17FO2S. The lowest BCUT2D eigenvalue weighted by Crippen LogP contribution is -2.17. The Morgan fingerprint density at radius 2 is 2.21 bits per heavy atom. The molecule has 14 heavy (non-hydrogen) atoms. The summed E-state index contributed by atoms with van der Waals surface area (Å²) in [4.78, 5) is 10.9. The van der Waals surface area contributed by atoms with E-state index in [2.05, 4.69) is 4.74 Å². The minimum Gasteiger partial charge on any atom is -0.469 e. The van der Waals surface area contributed by atoms with Gasteiger partial charge in [-0.3, -0.25) is 4.79 Å². The molecule has 0 aromatic heterocycles. The van der Waals surface area contributed by atoms with Crippen molar-refractivity contribution >= 4 is 17.7 Å². The zero-order valence-corrected chi connectivity index (χ0v) is 9.32. The van der Waals surface area contributed by atoms with Gasteiger partial charge in [-0.25, -0.2) is 4.39 Å². The lowest BCUT2D eigenvalue weighted by molar-refractivity contribution is -0.141. The van der Waals surface area contributed by atoms with Crippen LogP contribution in [0.1, 0.15) is 25.7 Å². The Morgan fingerprint density at radius 1 is 1.50 bits per heavy atom. The van der Waals surface area contributed by atoms with Gasteiger partial charge < -0.3 is 4.74 Å². The molecule has 2 atom stereocenters. The second-order valence-electron chi connectivity index (χ2n) is 3.58. The molecule has 1 rings (SSSR count). The molecule has 0 amide bonds. The van der Waals surface area contributed by atoms with E-state index in [1.807, 2.05) is 11.8 Å². The standard InChI is InChI=1S/C10H17FO2S/c1-13-10(12)3-2-8-4-6-14-7-5-9(8)11/h8-9H,2-7H2,1H3. The maximum Gasteiger partial charge on any atom is 0.305 e. The Balaban J connectivity index is 2.29. The van der Waals surface area contributed by atoms with Crippen molar-refractivity contribution in [2.75, 3.05) is 18.6 Å². The van der Waals surface area contributed by atoms with Gasteiger partial charge in [0.05, 0.1) is 7.11 Å². The minimum atomic E-state index is -0.727. The highest BCUT2D eigenvalue weighted by Crippen LogP contribution is 2.28. The van der Waals surface area contributed by atoms with Gasteiger partial charge >= 0.3 is 5.97 Å². The topological polar surface area (TPSA) is 26.3 Å². The van der Waals surface area contributed by atoms with Gasteiger partial charge in [0.25, 0.3) is 0 Å². The molecule has 1 aliphatic rings. The summed E-state index contributed by atoms with van der Waals surface area (Å²) in [6.45, 7) is 0. The molecule has 0 spiro atoms. The molecule has 1 heterocycles. The summed E-state index contributed by atoms with van der Waals surface area (Å²) in [7, 11) is 1.37. The molecule has 0 aromatic rings. The Labute approximate surface area is 88.6 Å². The Bertz CT molecular complexity index is 187. The molecule has 0 aromatic carbocycles. The van der Waals surface area contributed by atoms with E-state index >= 15 is 0 Å². The largest absolute Gasteiger partial charge is 0.469 e. The first-order valence-corrected chi connectivity index (χ1v) is 6.18. The third-order valence-electron chi connectivity index (χ3n) is 2.63. The molecule has 0 N–H and O–H groups in total. The summed E-state index contributed by atoms with van der Waals surface area (Å²) >= 11 is 1.81. The summed E-state index contributed by atoms with van der Waals surface area (Å²) in [6.07, 6.45) is 1.79. The molecule has 0 bridgehead atoms. The summed E-state index contributed by atoms with van der Waals surface area (Å²) in [6, 6.07) is 0. The van der Waals surface area contributed by atoms with Crippen LogP contribution in [0.5, 0.6) is 0 Å². The van der Waals surface area contributed by atoms with Crippen molar-refractivity contribution in [2.24, 2.45) is 5.92 Å². The van der Waals surface area contributed by atoms with Crippen molar-refractivity contribution in [2.45, 2.75) is 31.9 Å². The molecule has 1 saturated heterocycles. The fraction of sp³-hybridized carbons (Fsp3) is 0.900. The predicted octanol–water partition coefficient (Wildman–Crippen LogP) is 2.42. The highest BCUT2D eigenvalue weighted by atomic mass is 32.2. The Kier molecular flexibility index (Phi) is 5.30. The Morgan fingerprint density at radius 3 is 2.93 bits per heavy atom. The summed E-state index contributed by atoms with van der Waals surface area (Å²) in [5.41, 5.74) is 0. The molecule has 0 radical (unpaired) electrons. The van der Waals surface area contributed by atoms with Crippen LogP contribution in [-0.4, -0.2) is 30.8 Å². The number of hydrogen-bond donors (Lipinski definition) is 0. The van der Waals surface area contributed by atoms with Crippen molar-refractivity contribution in [1.82, 2.24) is 0 Å². The number of ether oxygens (including phenoxy) is 1. The van der Waals surface area contributed by atoms with E-state index in [1.165, 1.54) is 7.11 Å². The number of thioether (sulfide) groups is 1. The summed E-state index contributed by atoms with van der Waals surface area (Å²) in [5.74, 6) is 1.76. The van der Waals surface area contributed by atoms with Gasteiger partial charge in [-0.1, -0.05) is 0 Å². The molecule has 0 aliphatic carbocycles. The number of carbonyl (C=O) groups excluding carboxylic acids is 1. The summed E-state index contributed by atoms with van der Waals surface area (Å²) < 4.78 is 18.0. The van der Waals surface area contributed by atoms with E-state index in [0.29, 0.717) is 19.3 Å². The maximum absolute atomic E-state index is 13.5. The van der Waals surface area contributed by atoms with Crippen LogP contribution in [0.25, 0.3) is 0 Å². The quantitative estimate of drug-likeness (QED) is 0.683. The first kappa shape index (κ1) is 11.8. The van der Waals surface area contributed by atoms with Crippen LogP contribution in [0, 0.1) is 5.92 Å². The van der Waals surface area contributed by atoms with Crippen LogP contribution in [-0.2, 0) is 9.53 Å². The van der Waals surface area contributed by atoms with Crippen LogP contribution in [0.2, 0.25) is 0 Å². The zero-order chi connectivity index (χ0) is 10.4. The highest BCUT2D eigenvalue weighted by Gasteiger charge is 2.23. The normalized spacial score (nSPS) is 28.1. The lowest BCUT2D eigenvalue weighted by Gasteiger charge is -2.16. The van der Waals surface area contributed by atoms with Crippen LogP contribution >= 0.6 is 11.8 Å². The van der Waals surface area contributed by atoms with Gasteiger partial charge in [0.15, 0.2) is 0 Å². The first-order chi connectivity index (χ1) is 6.74. The number of methoxy groups -OCH3 is 1. The van der Waals surface area contributed by atoms with E-state index < -0.39 is 6.17 Å². The van der Waals surface area contributed by atoms with Gasteiger partial charge in [0, 0.05) is 6.42 Å². The van der Waals surface area contributed by atoms with Gasteiger partial charge in [0.1, 0.15) is 6.17 Å². The van der Waals surface area contributed by atoms with Gasteiger partial charge in [-0.05, 0) is 36.7 Å². The van der Waals surface area contributed by atoms with Crippen LogP contribution in [0.3, 0.4) is 0 Å². The predicted molar refractivity (Wildman–Crippen MR) is 56.2 cm³/mol. The van der Waals surface area contributed by atoms with Crippen molar-refractivity contribution in [1.29, 1.82) is 0 Å². The first-order valence-electron chi connectivity index (χ1n) is 5.02. The highest BCUT2D eigenvalue weighted by molar-refractivity contribution is 7.99. The Hall–Kier alpha value is -0.250. The van der Waals surface area contributed by atoms with Gasteiger partial charge in [-0.15, -0.1) is 0 Å². The van der Waals surface area contributed by atoms with E-state index in [1.54, 1.807) is 0 Å². The minimum absolute atomic E-state index is 0.0594. The zero-order valence-electron chi connectivity index (χ0n) is 8.50. The monoisotopic (exact) mass is 220 g/mol. The van der Waals surface area contributed by atoms with Gasteiger partial charge in [0.2, 0.25) is 0 Å². The number of carbonyl (C=O) groups is 1. The average Bonchev–Trinajstić information content (AvgIpc) is 2.39. The third kappa shape index (κ3) is 3.86. The molecule has 1 fully saturated rings. The molecule has 0 saturated carbocycles. The molecule has 4 heteroatoms. The van der Waals surface area contributed by atoms with Crippen LogP contribution in [0.4, 0.5) is 4.39 Å². The number of alkyl halides is 1. The number of hydrogen-bond acceptors (Lipinski definition) is 3. The van der Waals surface area contributed by atoms with E-state index in [4.69, 9.17) is 0 Å². The number of rotatable bonds is 3. The smallest absolute Gasteiger partial charge is 0.305 e. The van der Waals surface area contributed by atoms with E-state index in [0.717, 1.165) is 17.9 Å². The second kappa shape index (κ2) is 6.27. The maximum atomic E-state index is 13.5. The number of halogens is 1. The SMILES string of the molecule is COC(=O)CCC1CCSCCC1F. The molecular weight excluding hydrogens is 203 g/mol. The van der Waals surface area contributed by atoms with Crippen molar-refractivity contribution < 1.29 is 13.9 Å². The molecule has 2 unspecified atom stereocenters. The van der Waals surface area contributed by atoms with Crippen molar-refractivity contribution in [3.05, 3.63) is 0 Å². The average molecular weight is 220 g/mol. The van der Waals surface area contributed by atoms with E-state index in [-0.39, 0.29) is 11.9 Å². The van der Waals surface area contributed by atoms with Crippen LogP contribution < -0.4 is 0 Å². The summed E-state index contributed by atoms with van der Waals surface area (Å²) in [5, 5.41) is 0.